The van der Waals surface area contributed by atoms with Crippen LogP contribution in [0.2, 0.25) is 0 Å². The lowest BCUT2D eigenvalue weighted by Crippen LogP contribution is -2.12. The quantitative estimate of drug-likeness (QED) is 0.889. The average Bonchev–Trinajstić information content (AvgIpc) is 2.22. The molecular formula is C11H10BrN3O. The summed E-state index contributed by atoms with van der Waals surface area (Å²) in [4.78, 5) is 17.3. The first-order valence-corrected chi connectivity index (χ1v) is 5.53. The summed E-state index contributed by atoms with van der Waals surface area (Å²) in [5, 5.41) is 3.18. The van der Waals surface area contributed by atoms with E-state index in [-0.39, 0.29) is 5.69 Å². The number of benzene rings is 1. The first-order valence-electron chi connectivity index (χ1n) is 4.73. The molecule has 0 amide bonds. The number of aromatic amines is 1. The lowest BCUT2D eigenvalue weighted by Gasteiger charge is -2.08. The first kappa shape index (κ1) is 10.9. The van der Waals surface area contributed by atoms with Gasteiger partial charge in [-0.25, -0.2) is 4.79 Å². The van der Waals surface area contributed by atoms with Gasteiger partial charge in [0.05, 0.1) is 11.9 Å². The van der Waals surface area contributed by atoms with E-state index in [0.717, 1.165) is 21.5 Å². The van der Waals surface area contributed by atoms with Gasteiger partial charge in [0.2, 0.25) is 0 Å². The van der Waals surface area contributed by atoms with Gasteiger partial charge in [0.1, 0.15) is 0 Å². The molecule has 5 heteroatoms. The topological polar surface area (TPSA) is 57.8 Å². The van der Waals surface area contributed by atoms with Gasteiger partial charge in [-0.2, -0.15) is 4.98 Å². The lowest BCUT2D eigenvalue weighted by atomic mass is 10.3. The minimum absolute atomic E-state index is 0.336. The molecule has 1 aromatic heterocycles. The maximum absolute atomic E-state index is 10.9. The van der Waals surface area contributed by atoms with Crippen LogP contribution in [0.5, 0.6) is 0 Å². The van der Waals surface area contributed by atoms with Crippen molar-refractivity contribution in [3.8, 4) is 0 Å². The van der Waals surface area contributed by atoms with Gasteiger partial charge < -0.3 is 10.3 Å². The molecule has 1 aromatic carbocycles. The fourth-order valence-electron chi connectivity index (χ4n) is 1.33. The highest BCUT2D eigenvalue weighted by Gasteiger charge is 2.00. The van der Waals surface area contributed by atoms with E-state index >= 15 is 0 Å². The number of aryl methyl sites for hydroxylation is 1. The molecule has 0 radical (unpaired) electrons. The van der Waals surface area contributed by atoms with Gasteiger partial charge in [-0.3, -0.25) is 0 Å². The Morgan fingerprint density at radius 1 is 1.44 bits per heavy atom. The fourth-order valence-corrected chi connectivity index (χ4v) is 1.73. The van der Waals surface area contributed by atoms with Crippen LogP contribution < -0.4 is 11.0 Å². The van der Waals surface area contributed by atoms with Crippen molar-refractivity contribution in [1.29, 1.82) is 0 Å². The molecule has 0 aliphatic carbocycles. The van der Waals surface area contributed by atoms with Crippen molar-refractivity contribution >= 4 is 27.3 Å². The second-order valence-electron chi connectivity index (χ2n) is 3.36. The molecule has 0 fully saturated rings. The summed E-state index contributed by atoms with van der Waals surface area (Å²) in [6, 6.07) is 7.77. The van der Waals surface area contributed by atoms with Gasteiger partial charge in [-0.15, -0.1) is 0 Å². The Labute approximate surface area is 101 Å². The third-order valence-electron chi connectivity index (χ3n) is 2.11. The van der Waals surface area contributed by atoms with Crippen LogP contribution in [-0.2, 0) is 0 Å². The van der Waals surface area contributed by atoms with Crippen LogP contribution in [0.4, 0.5) is 11.4 Å². The van der Waals surface area contributed by atoms with Gasteiger partial charge in [-0.1, -0.05) is 22.0 Å². The summed E-state index contributed by atoms with van der Waals surface area (Å²) in [5.74, 6) is 0. The second-order valence-corrected chi connectivity index (χ2v) is 4.28. The number of hydrogen-bond donors (Lipinski definition) is 2. The van der Waals surface area contributed by atoms with Gasteiger partial charge >= 0.3 is 5.69 Å². The van der Waals surface area contributed by atoms with Gasteiger partial charge in [0.15, 0.2) is 0 Å². The number of hydrogen-bond acceptors (Lipinski definition) is 3. The first-order chi connectivity index (χ1) is 7.65. The molecule has 82 valence electrons. The van der Waals surface area contributed by atoms with Crippen molar-refractivity contribution in [1.82, 2.24) is 9.97 Å². The molecular weight excluding hydrogens is 270 g/mol. The Morgan fingerprint density at radius 2 is 2.25 bits per heavy atom. The summed E-state index contributed by atoms with van der Waals surface area (Å²) >= 11 is 3.39. The average molecular weight is 280 g/mol. The van der Waals surface area contributed by atoms with E-state index in [1.165, 1.54) is 6.20 Å². The number of aromatic nitrogens is 2. The summed E-state index contributed by atoms with van der Waals surface area (Å²) in [5.41, 5.74) is 2.15. The number of halogens is 1. The van der Waals surface area contributed by atoms with E-state index in [4.69, 9.17) is 0 Å². The molecule has 1 heterocycles. The zero-order chi connectivity index (χ0) is 11.5. The number of nitrogens with one attached hydrogen (secondary N) is 2. The largest absolute Gasteiger partial charge is 0.353 e. The van der Waals surface area contributed by atoms with Crippen molar-refractivity contribution in [2.75, 3.05) is 5.32 Å². The molecule has 0 saturated heterocycles. The SMILES string of the molecule is Cc1[nH]c(=O)ncc1Nc1cccc(Br)c1. The van der Waals surface area contributed by atoms with E-state index in [0.29, 0.717) is 0 Å². The Kier molecular flexibility index (Phi) is 3.05. The zero-order valence-corrected chi connectivity index (χ0v) is 10.2. The van der Waals surface area contributed by atoms with Gasteiger partial charge in [-0.05, 0) is 25.1 Å². The Hall–Kier alpha value is -1.62. The van der Waals surface area contributed by atoms with Crippen LogP contribution >= 0.6 is 15.9 Å². The summed E-state index contributed by atoms with van der Waals surface area (Å²) < 4.78 is 0.993. The predicted molar refractivity (Wildman–Crippen MR) is 67.0 cm³/mol. The molecule has 0 unspecified atom stereocenters. The number of H-pyrrole nitrogens is 1. The van der Waals surface area contributed by atoms with Crippen LogP contribution in [0.15, 0.2) is 39.7 Å². The van der Waals surface area contributed by atoms with Crippen molar-refractivity contribution in [2.45, 2.75) is 6.92 Å². The number of anilines is 2. The van der Waals surface area contributed by atoms with Crippen molar-refractivity contribution < 1.29 is 0 Å². The minimum atomic E-state index is -0.336. The molecule has 2 N–H and O–H groups in total. The van der Waals surface area contributed by atoms with Crippen LogP contribution in [0, 0.1) is 6.92 Å². The molecule has 0 aliphatic rings. The maximum atomic E-state index is 10.9. The highest BCUT2D eigenvalue weighted by atomic mass is 79.9. The smallest absolute Gasteiger partial charge is 0.345 e. The Morgan fingerprint density at radius 3 is 2.94 bits per heavy atom. The van der Waals surface area contributed by atoms with E-state index < -0.39 is 0 Å². The third-order valence-corrected chi connectivity index (χ3v) is 2.61. The normalized spacial score (nSPS) is 10.1. The van der Waals surface area contributed by atoms with Crippen LogP contribution in [0.25, 0.3) is 0 Å². The number of nitrogens with zero attached hydrogens (tertiary/aromatic N) is 1. The molecule has 2 aromatic rings. The van der Waals surface area contributed by atoms with Crippen LogP contribution in [-0.4, -0.2) is 9.97 Å². The molecule has 0 atom stereocenters. The standard InChI is InChI=1S/C11H10BrN3O/c1-7-10(6-13-11(16)14-7)15-9-4-2-3-8(12)5-9/h2-6,15H,1H3,(H,13,14,16). The summed E-state index contributed by atoms with van der Waals surface area (Å²) in [6.45, 7) is 1.82. The summed E-state index contributed by atoms with van der Waals surface area (Å²) in [6.07, 6.45) is 1.52. The minimum Gasteiger partial charge on any atom is -0.353 e. The maximum Gasteiger partial charge on any atom is 0.345 e. The molecule has 16 heavy (non-hydrogen) atoms. The van der Waals surface area contributed by atoms with Crippen molar-refractivity contribution in [3.05, 3.63) is 51.1 Å². The fraction of sp³-hybridized carbons (Fsp3) is 0.0909. The monoisotopic (exact) mass is 279 g/mol. The third kappa shape index (κ3) is 2.49. The van der Waals surface area contributed by atoms with Crippen LogP contribution in [0.1, 0.15) is 5.69 Å². The second kappa shape index (κ2) is 4.49. The lowest BCUT2D eigenvalue weighted by molar-refractivity contribution is 1.03. The van der Waals surface area contributed by atoms with E-state index in [1.807, 2.05) is 31.2 Å². The summed E-state index contributed by atoms with van der Waals surface area (Å²) in [7, 11) is 0. The molecule has 0 bridgehead atoms. The van der Waals surface area contributed by atoms with Crippen molar-refractivity contribution in [2.24, 2.45) is 0 Å². The van der Waals surface area contributed by atoms with E-state index in [1.54, 1.807) is 0 Å². The van der Waals surface area contributed by atoms with Gasteiger partial charge in [0.25, 0.3) is 0 Å². The Bertz CT molecular complexity index is 565. The molecule has 0 spiro atoms. The molecule has 2 rings (SSSR count). The highest BCUT2D eigenvalue weighted by molar-refractivity contribution is 9.10. The van der Waals surface area contributed by atoms with E-state index in [2.05, 4.69) is 31.2 Å². The van der Waals surface area contributed by atoms with Crippen molar-refractivity contribution in [3.63, 3.8) is 0 Å². The number of rotatable bonds is 2. The molecule has 0 saturated carbocycles. The van der Waals surface area contributed by atoms with Gasteiger partial charge in [0, 0.05) is 15.9 Å². The Balaban J connectivity index is 2.30. The van der Waals surface area contributed by atoms with E-state index in [9.17, 15) is 4.79 Å². The highest BCUT2D eigenvalue weighted by Crippen LogP contribution is 2.20. The predicted octanol–water partition coefficient (Wildman–Crippen LogP) is 2.58. The molecule has 0 aliphatic heterocycles. The van der Waals surface area contributed by atoms with Crippen LogP contribution in [0.3, 0.4) is 0 Å². The zero-order valence-electron chi connectivity index (χ0n) is 8.62. The molecule has 4 nitrogen and oxygen atoms in total.